The Morgan fingerprint density at radius 2 is 1.91 bits per heavy atom. The number of hydrogen-bond donors (Lipinski definition) is 2. The fourth-order valence-electron chi connectivity index (χ4n) is 5.31. The number of benzene rings is 2. The number of anilines is 2. The first kappa shape index (κ1) is 21.9. The van der Waals surface area contributed by atoms with Crippen LogP contribution in [-0.2, 0) is 11.8 Å². The summed E-state index contributed by atoms with van der Waals surface area (Å²) in [7, 11) is 1.83. The van der Waals surface area contributed by atoms with Crippen molar-refractivity contribution < 1.29 is 13.5 Å². The van der Waals surface area contributed by atoms with E-state index in [9.17, 15) is 8.78 Å². The maximum absolute atomic E-state index is 14.2. The molecule has 0 spiro atoms. The minimum Gasteiger partial charge on any atom is -0.382 e. The van der Waals surface area contributed by atoms with Crippen LogP contribution in [0.2, 0.25) is 0 Å². The summed E-state index contributed by atoms with van der Waals surface area (Å²) in [5, 5.41) is 8.70. The molecule has 35 heavy (non-hydrogen) atoms. The van der Waals surface area contributed by atoms with Crippen molar-refractivity contribution in [1.29, 1.82) is 0 Å². The van der Waals surface area contributed by atoms with Gasteiger partial charge >= 0.3 is 0 Å². The maximum atomic E-state index is 14.2. The van der Waals surface area contributed by atoms with E-state index in [2.05, 4.69) is 20.3 Å². The van der Waals surface area contributed by atoms with Crippen LogP contribution in [0.25, 0.3) is 33.2 Å². The van der Waals surface area contributed by atoms with Crippen LogP contribution >= 0.6 is 0 Å². The number of halogens is 2. The summed E-state index contributed by atoms with van der Waals surface area (Å²) < 4.78 is 36.2. The SMILES string of the molecule is Cn1cc(-c2ccc3ncc(-c4cc(F)cc(F)c4)c(N4CCC5NCCOC5C4)c3c2)c(N)n1. The number of hydrogen-bond acceptors (Lipinski definition) is 6. The molecule has 2 atom stereocenters. The fraction of sp³-hybridized carbons (Fsp3) is 0.308. The predicted molar refractivity (Wildman–Crippen MR) is 132 cm³/mol. The number of piperidine rings is 1. The summed E-state index contributed by atoms with van der Waals surface area (Å²) in [6.07, 6.45) is 4.52. The van der Waals surface area contributed by atoms with E-state index in [0.717, 1.165) is 53.3 Å². The van der Waals surface area contributed by atoms with Crippen molar-refractivity contribution in [2.24, 2.45) is 7.05 Å². The second-order valence-electron chi connectivity index (χ2n) is 9.22. The van der Waals surface area contributed by atoms with Gasteiger partial charge in [0, 0.05) is 67.7 Å². The lowest BCUT2D eigenvalue weighted by atomic mass is 9.95. The van der Waals surface area contributed by atoms with Crippen molar-refractivity contribution in [3.63, 3.8) is 0 Å². The number of aromatic nitrogens is 3. The third-order valence-electron chi connectivity index (χ3n) is 6.90. The van der Waals surface area contributed by atoms with Gasteiger partial charge in [-0.25, -0.2) is 8.78 Å². The van der Waals surface area contributed by atoms with E-state index in [4.69, 9.17) is 10.5 Å². The van der Waals surface area contributed by atoms with E-state index < -0.39 is 11.6 Å². The third-order valence-corrected chi connectivity index (χ3v) is 6.90. The number of rotatable bonds is 3. The molecule has 2 aromatic carbocycles. The van der Waals surface area contributed by atoms with Crippen molar-refractivity contribution in [2.45, 2.75) is 18.6 Å². The highest BCUT2D eigenvalue weighted by molar-refractivity contribution is 6.02. The maximum Gasteiger partial charge on any atom is 0.153 e. The molecule has 0 aliphatic carbocycles. The highest BCUT2D eigenvalue weighted by Gasteiger charge is 2.33. The Labute approximate surface area is 201 Å². The standard InChI is InChI=1S/C26H26F2N6O/c1-33-13-21(26(29)32-33)15-2-3-22-19(10-15)25(34-6-4-23-24(14-34)35-7-5-30-23)20(12-31-22)16-8-17(27)11-18(28)9-16/h2-3,8-13,23-24,30H,4-7,14H2,1H3,(H2,29,32). The summed E-state index contributed by atoms with van der Waals surface area (Å²) in [4.78, 5) is 6.91. The lowest BCUT2D eigenvalue weighted by molar-refractivity contribution is -0.00896. The van der Waals surface area contributed by atoms with Crippen molar-refractivity contribution >= 4 is 22.4 Å². The molecule has 4 aromatic rings. The molecule has 2 aromatic heterocycles. The normalized spacial score (nSPS) is 20.3. The Morgan fingerprint density at radius 3 is 2.69 bits per heavy atom. The Kier molecular flexibility index (Phi) is 5.38. The van der Waals surface area contributed by atoms with Crippen molar-refractivity contribution in [1.82, 2.24) is 20.1 Å². The molecular formula is C26H26F2N6O. The minimum atomic E-state index is -0.624. The fourth-order valence-corrected chi connectivity index (χ4v) is 5.31. The van der Waals surface area contributed by atoms with Gasteiger partial charge in [0.05, 0.1) is 23.9 Å². The number of ether oxygens (including phenoxy) is 1. The molecule has 0 amide bonds. The van der Waals surface area contributed by atoms with Gasteiger partial charge in [-0.2, -0.15) is 5.10 Å². The Hall–Kier alpha value is -3.56. The molecule has 2 saturated heterocycles. The molecular weight excluding hydrogens is 450 g/mol. The molecule has 0 saturated carbocycles. The van der Waals surface area contributed by atoms with E-state index >= 15 is 0 Å². The first-order chi connectivity index (χ1) is 17.0. The number of nitrogens with one attached hydrogen (secondary N) is 1. The lowest BCUT2D eigenvalue weighted by Crippen LogP contribution is -2.57. The monoisotopic (exact) mass is 476 g/mol. The number of nitrogens with two attached hydrogens (primary N) is 1. The molecule has 6 rings (SSSR count). The van der Waals surface area contributed by atoms with Crippen LogP contribution in [0.1, 0.15) is 6.42 Å². The second kappa shape index (κ2) is 8.58. The zero-order valence-corrected chi connectivity index (χ0v) is 19.3. The van der Waals surface area contributed by atoms with Gasteiger partial charge in [0.1, 0.15) is 11.6 Å². The summed E-state index contributed by atoms with van der Waals surface area (Å²) in [5.74, 6) is -0.810. The number of aryl methyl sites for hydroxylation is 1. The molecule has 180 valence electrons. The number of pyridine rings is 1. The molecule has 4 heterocycles. The Bertz CT molecular complexity index is 1400. The average molecular weight is 477 g/mol. The quantitative estimate of drug-likeness (QED) is 0.469. The highest BCUT2D eigenvalue weighted by atomic mass is 19.1. The first-order valence-electron chi connectivity index (χ1n) is 11.7. The van der Waals surface area contributed by atoms with Gasteiger partial charge in [-0.15, -0.1) is 0 Å². The summed E-state index contributed by atoms with van der Waals surface area (Å²) in [6, 6.07) is 9.84. The molecule has 2 aliphatic heterocycles. The average Bonchev–Trinajstić information content (AvgIpc) is 3.19. The zero-order valence-electron chi connectivity index (χ0n) is 19.3. The van der Waals surface area contributed by atoms with E-state index in [1.807, 2.05) is 31.4 Å². The van der Waals surface area contributed by atoms with Gasteiger partial charge in [0.15, 0.2) is 5.82 Å². The van der Waals surface area contributed by atoms with E-state index in [-0.39, 0.29) is 6.10 Å². The molecule has 7 nitrogen and oxygen atoms in total. The van der Waals surface area contributed by atoms with Crippen LogP contribution in [-0.4, -0.2) is 53.2 Å². The number of nitrogen functional groups attached to an aromatic ring is 1. The van der Waals surface area contributed by atoms with Gasteiger partial charge in [-0.3, -0.25) is 9.67 Å². The molecule has 2 fully saturated rings. The van der Waals surface area contributed by atoms with Gasteiger partial charge in [-0.05, 0) is 41.8 Å². The molecule has 3 N–H and O–H groups in total. The molecule has 9 heteroatoms. The third kappa shape index (κ3) is 4.00. The highest BCUT2D eigenvalue weighted by Crippen LogP contribution is 2.40. The van der Waals surface area contributed by atoms with Crippen LogP contribution in [0, 0.1) is 11.6 Å². The molecule has 2 aliphatic rings. The molecule has 0 radical (unpaired) electrons. The predicted octanol–water partition coefficient (Wildman–Crippen LogP) is 3.73. The number of morpholine rings is 1. The Morgan fingerprint density at radius 1 is 1.09 bits per heavy atom. The Balaban J connectivity index is 1.55. The number of fused-ring (bicyclic) bond motifs is 2. The smallest absolute Gasteiger partial charge is 0.153 e. The van der Waals surface area contributed by atoms with E-state index in [0.29, 0.717) is 36.1 Å². The largest absolute Gasteiger partial charge is 0.382 e. The summed E-state index contributed by atoms with van der Waals surface area (Å²) in [5.41, 5.74) is 10.7. The van der Waals surface area contributed by atoms with Gasteiger partial charge in [0.25, 0.3) is 0 Å². The summed E-state index contributed by atoms with van der Waals surface area (Å²) in [6.45, 7) is 2.96. The molecule has 2 unspecified atom stereocenters. The van der Waals surface area contributed by atoms with Crippen LogP contribution in [0.4, 0.5) is 20.3 Å². The number of nitrogens with zero attached hydrogens (tertiary/aromatic N) is 4. The topological polar surface area (TPSA) is 81.2 Å². The van der Waals surface area contributed by atoms with Gasteiger partial charge in [-0.1, -0.05) is 6.07 Å². The van der Waals surface area contributed by atoms with Gasteiger partial charge in [0.2, 0.25) is 0 Å². The van der Waals surface area contributed by atoms with E-state index in [1.54, 1.807) is 10.9 Å². The minimum absolute atomic E-state index is 0.0370. The van der Waals surface area contributed by atoms with Crippen LogP contribution in [0.3, 0.4) is 0 Å². The van der Waals surface area contributed by atoms with Crippen LogP contribution < -0.4 is 16.0 Å². The molecule has 0 bridgehead atoms. The van der Waals surface area contributed by atoms with Crippen molar-refractivity contribution in [2.75, 3.05) is 36.9 Å². The second-order valence-corrected chi connectivity index (χ2v) is 9.22. The van der Waals surface area contributed by atoms with Crippen LogP contribution in [0.15, 0.2) is 48.8 Å². The first-order valence-corrected chi connectivity index (χ1v) is 11.7. The summed E-state index contributed by atoms with van der Waals surface area (Å²) >= 11 is 0. The zero-order chi connectivity index (χ0) is 24.1. The van der Waals surface area contributed by atoms with Crippen LogP contribution in [0.5, 0.6) is 0 Å². The van der Waals surface area contributed by atoms with Gasteiger partial charge < -0.3 is 20.7 Å². The van der Waals surface area contributed by atoms with Crippen molar-refractivity contribution in [3.8, 4) is 22.3 Å². The lowest BCUT2D eigenvalue weighted by Gasteiger charge is -2.43. The van der Waals surface area contributed by atoms with E-state index in [1.165, 1.54) is 12.1 Å². The van der Waals surface area contributed by atoms with Crippen molar-refractivity contribution in [3.05, 3.63) is 60.4 Å².